The van der Waals surface area contributed by atoms with Crippen molar-refractivity contribution in [2.75, 3.05) is 31.3 Å². The van der Waals surface area contributed by atoms with Crippen molar-refractivity contribution >= 4 is 49.7 Å². The number of H-pyrrole nitrogens is 1. The van der Waals surface area contributed by atoms with Crippen molar-refractivity contribution < 1.29 is 46.5 Å². The Morgan fingerprint density at radius 2 is 1.60 bits per heavy atom. The van der Waals surface area contributed by atoms with Crippen LogP contribution < -0.4 is 17.0 Å². The lowest BCUT2D eigenvalue weighted by Gasteiger charge is -2.28. The molecule has 230 valence electrons. The largest absolute Gasteiger partial charge is 0.472 e. The third-order valence-electron chi connectivity index (χ3n) is 7.24. The first-order valence-corrected chi connectivity index (χ1v) is 15.7. The molecule has 0 amide bonds. The predicted octanol–water partition coefficient (Wildman–Crippen LogP) is -0.631. The van der Waals surface area contributed by atoms with E-state index in [9.17, 15) is 23.7 Å². The summed E-state index contributed by atoms with van der Waals surface area (Å²) >= 11 is 0. The van der Waals surface area contributed by atoms with Gasteiger partial charge in [-0.15, -0.1) is 0 Å². The summed E-state index contributed by atoms with van der Waals surface area (Å²) in [7, 11) is -9.59. The topological polar surface area (TPSA) is 289 Å². The molecule has 4 aromatic heterocycles. The van der Waals surface area contributed by atoms with Crippen molar-refractivity contribution in [1.82, 2.24) is 39.0 Å². The fraction of sp³-hybridized carbons (Fsp3) is 0.500. The van der Waals surface area contributed by atoms with Crippen LogP contribution in [0.3, 0.4) is 0 Å². The second-order valence-corrected chi connectivity index (χ2v) is 12.7. The normalized spacial score (nSPS) is 35.4. The average Bonchev–Trinajstić information content (AvgIpc) is 3.71. The molecular formula is C20H24N10O11P2. The Labute approximate surface area is 239 Å². The summed E-state index contributed by atoms with van der Waals surface area (Å²) in [5, 5.41) is 0. The minimum Gasteiger partial charge on any atom is -0.382 e. The number of nitrogens with zero attached hydrogens (tertiary/aromatic N) is 7. The fourth-order valence-corrected chi connectivity index (χ4v) is 7.24. The van der Waals surface area contributed by atoms with E-state index in [1.807, 2.05) is 0 Å². The van der Waals surface area contributed by atoms with Gasteiger partial charge in [-0.05, 0) is 0 Å². The van der Waals surface area contributed by atoms with Gasteiger partial charge >= 0.3 is 15.6 Å². The zero-order valence-corrected chi connectivity index (χ0v) is 23.6. The van der Waals surface area contributed by atoms with Gasteiger partial charge in [0, 0.05) is 6.42 Å². The summed E-state index contributed by atoms with van der Waals surface area (Å²) in [6.45, 7) is -1.30. The van der Waals surface area contributed by atoms with Crippen molar-refractivity contribution in [2.45, 2.75) is 43.1 Å². The number of ether oxygens (including phenoxy) is 2. The molecular weight excluding hydrogens is 618 g/mol. The lowest BCUT2D eigenvalue weighted by molar-refractivity contribution is -0.0578. The van der Waals surface area contributed by atoms with E-state index in [1.54, 1.807) is 0 Å². The van der Waals surface area contributed by atoms with Crippen LogP contribution in [0, 0.1) is 0 Å². The molecule has 4 aromatic rings. The number of nitrogen functional groups attached to an aromatic ring is 2. The van der Waals surface area contributed by atoms with E-state index in [1.165, 1.54) is 28.1 Å². The van der Waals surface area contributed by atoms with Crippen LogP contribution in [-0.2, 0) is 36.7 Å². The van der Waals surface area contributed by atoms with Crippen molar-refractivity contribution in [3.05, 3.63) is 29.3 Å². The minimum absolute atomic E-state index is 0.0124. The quantitative estimate of drug-likeness (QED) is 0.170. The molecule has 3 fully saturated rings. The third kappa shape index (κ3) is 5.22. The highest BCUT2D eigenvalue weighted by Crippen LogP contribution is 2.53. The van der Waals surface area contributed by atoms with Gasteiger partial charge < -0.3 is 35.3 Å². The fourth-order valence-electron chi connectivity index (χ4n) is 5.30. The number of nitrogens with two attached hydrogens (primary N) is 2. The van der Waals surface area contributed by atoms with Crippen LogP contribution in [0.25, 0.3) is 22.3 Å². The summed E-state index contributed by atoms with van der Waals surface area (Å²) in [5.74, 6) is -0.0449. The van der Waals surface area contributed by atoms with E-state index in [0.717, 1.165) is 0 Å². The number of hydrogen-bond donors (Lipinski definition) is 5. The Hall–Kier alpha value is -3.36. The van der Waals surface area contributed by atoms with Gasteiger partial charge in [-0.2, -0.15) is 4.98 Å². The van der Waals surface area contributed by atoms with Crippen LogP contribution in [0.1, 0.15) is 18.7 Å². The molecule has 0 radical (unpaired) electrons. The van der Waals surface area contributed by atoms with Crippen LogP contribution in [0.5, 0.6) is 0 Å². The monoisotopic (exact) mass is 642 g/mol. The maximum atomic E-state index is 13.2. The molecule has 7 heterocycles. The predicted molar refractivity (Wildman–Crippen MR) is 141 cm³/mol. The number of imidazole rings is 2. The van der Waals surface area contributed by atoms with Gasteiger partial charge in [-0.1, -0.05) is 0 Å². The molecule has 0 aliphatic carbocycles. The van der Waals surface area contributed by atoms with Gasteiger partial charge in [0.15, 0.2) is 22.6 Å². The van der Waals surface area contributed by atoms with E-state index in [0.29, 0.717) is 11.2 Å². The number of phosphoric ester groups is 2. The van der Waals surface area contributed by atoms with E-state index >= 15 is 0 Å². The molecule has 0 spiro atoms. The molecule has 2 unspecified atom stereocenters. The summed E-state index contributed by atoms with van der Waals surface area (Å²) in [6.07, 6.45) is -1.65. The van der Waals surface area contributed by atoms with Gasteiger partial charge in [-0.25, -0.2) is 29.1 Å². The number of fused-ring (bicyclic) bond motifs is 4. The molecule has 8 atom stereocenters. The van der Waals surface area contributed by atoms with E-state index < -0.39 is 71.1 Å². The average molecular weight is 642 g/mol. The maximum Gasteiger partial charge on any atom is 0.472 e. The Balaban J connectivity index is 1.17. The SMILES string of the molecule is Nc1nc2c(ncn2[C@@H]2CO[C@@H]3COP(=O)(O)O[C@H]4C[C@H](n5cnc6c(N)ncnc65)O[C@@H]4COP(=O)(O)O[C@@H]23)c(=O)[nH]1. The van der Waals surface area contributed by atoms with Crippen molar-refractivity contribution in [3.63, 3.8) is 0 Å². The first kappa shape index (κ1) is 28.4. The summed E-state index contributed by atoms with van der Waals surface area (Å²) in [6, 6.07) is -0.901. The van der Waals surface area contributed by atoms with Crippen LogP contribution >= 0.6 is 15.6 Å². The molecule has 0 aromatic carbocycles. The van der Waals surface area contributed by atoms with Crippen LogP contribution in [-0.4, -0.2) is 93.1 Å². The number of hydrogen-bond acceptors (Lipinski definition) is 16. The number of aromatic nitrogens is 8. The number of rotatable bonds is 2. The molecule has 0 saturated carbocycles. The number of nitrogens with one attached hydrogen (secondary N) is 1. The zero-order valence-electron chi connectivity index (χ0n) is 21.8. The Morgan fingerprint density at radius 3 is 2.42 bits per heavy atom. The standard InChI is InChI=1S/C20H24N10O11P2/c21-16-13-17(24-5-23-16)30(7-25-13)12-1-9-10(39-12)3-37-43(34,35)41-15-8(2-36-11(15)4-38-42(32,33)40-9)29-6-26-14-18(29)27-20(22)28-19(14)31/h5-12,15H,1-4H2,(H,32,33)(H,34,35)(H2,21,23,24)(H3,22,27,28,31)/t8-,9+,10-,11-,12-,15+/m1/s1. The summed E-state index contributed by atoms with van der Waals surface area (Å²) in [4.78, 5) is 56.3. The molecule has 3 saturated heterocycles. The highest BCUT2D eigenvalue weighted by Gasteiger charge is 2.49. The molecule has 23 heteroatoms. The second-order valence-electron chi connectivity index (χ2n) is 9.90. The molecule has 3 aliphatic heterocycles. The molecule has 21 nitrogen and oxygen atoms in total. The summed E-state index contributed by atoms with van der Waals surface area (Å²) in [5.41, 5.74) is 11.6. The summed E-state index contributed by atoms with van der Waals surface area (Å²) < 4.78 is 62.3. The van der Waals surface area contributed by atoms with E-state index in [4.69, 9.17) is 39.0 Å². The van der Waals surface area contributed by atoms with Gasteiger partial charge in [0.05, 0.1) is 38.5 Å². The number of aromatic amines is 1. The Kier molecular flexibility index (Phi) is 6.86. The highest BCUT2D eigenvalue weighted by molar-refractivity contribution is 7.47. The van der Waals surface area contributed by atoms with Crippen molar-refractivity contribution in [3.8, 4) is 0 Å². The molecule has 3 aliphatic rings. The van der Waals surface area contributed by atoms with Crippen LogP contribution in [0.2, 0.25) is 0 Å². The second kappa shape index (κ2) is 10.4. The highest BCUT2D eigenvalue weighted by atomic mass is 31.2. The minimum atomic E-state index is -4.84. The van der Waals surface area contributed by atoms with E-state index in [-0.39, 0.29) is 36.0 Å². The van der Waals surface area contributed by atoms with Crippen LogP contribution in [0.4, 0.5) is 11.8 Å². The lowest BCUT2D eigenvalue weighted by atomic mass is 10.1. The molecule has 0 bridgehead atoms. The molecule has 7 N–H and O–H groups in total. The number of anilines is 2. The lowest BCUT2D eigenvalue weighted by Crippen LogP contribution is -2.35. The molecule has 43 heavy (non-hydrogen) atoms. The smallest absolute Gasteiger partial charge is 0.382 e. The number of phosphoric acid groups is 2. The van der Waals surface area contributed by atoms with E-state index in [2.05, 4.69) is 29.9 Å². The Morgan fingerprint density at radius 1 is 0.884 bits per heavy atom. The maximum absolute atomic E-state index is 13.2. The van der Waals surface area contributed by atoms with Gasteiger partial charge in [0.1, 0.15) is 42.5 Å². The van der Waals surface area contributed by atoms with Crippen molar-refractivity contribution in [2.24, 2.45) is 0 Å². The van der Waals surface area contributed by atoms with Crippen molar-refractivity contribution in [1.29, 1.82) is 0 Å². The molecule has 7 rings (SSSR count). The Bertz CT molecular complexity index is 1860. The van der Waals surface area contributed by atoms with Gasteiger partial charge in [0.2, 0.25) is 5.95 Å². The van der Waals surface area contributed by atoms with Gasteiger partial charge in [0.25, 0.3) is 5.56 Å². The third-order valence-corrected chi connectivity index (χ3v) is 9.24. The first-order chi connectivity index (χ1) is 20.5. The zero-order chi connectivity index (χ0) is 30.1. The van der Waals surface area contributed by atoms with Crippen LogP contribution in [0.15, 0.2) is 23.8 Å². The van der Waals surface area contributed by atoms with Gasteiger partial charge in [-0.3, -0.25) is 32.4 Å². The first-order valence-electron chi connectivity index (χ1n) is 12.7.